The van der Waals surface area contributed by atoms with E-state index in [-0.39, 0.29) is 5.91 Å². The first-order chi connectivity index (χ1) is 13.3. The molecule has 2 aromatic carbocycles. The summed E-state index contributed by atoms with van der Waals surface area (Å²) in [4.78, 5) is 13.6. The summed E-state index contributed by atoms with van der Waals surface area (Å²) in [7, 11) is 3.25. The SMILES string of the molecule is COc1ccc(/C=C2/NC(=S)N(C)C2=O)cc1COc1cc(C)c(Cl)c(C)c1. The number of thiocarbonyl (C=S) groups is 1. The second-order valence-corrected chi connectivity index (χ2v) is 7.35. The van der Waals surface area contributed by atoms with Gasteiger partial charge in [0.2, 0.25) is 0 Å². The zero-order valence-corrected chi connectivity index (χ0v) is 17.7. The lowest BCUT2D eigenvalue weighted by Crippen LogP contribution is -2.25. The maximum Gasteiger partial charge on any atom is 0.276 e. The Morgan fingerprint density at radius 3 is 2.46 bits per heavy atom. The van der Waals surface area contributed by atoms with Crippen LogP contribution in [0.25, 0.3) is 6.08 Å². The molecule has 1 N–H and O–H groups in total. The number of carbonyl (C=O) groups excluding carboxylic acids is 1. The minimum atomic E-state index is -0.161. The topological polar surface area (TPSA) is 50.8 Å². The van der Waals surface area contributed by atoms with E-state index in [9.17, 15) is 4.79 Å². The lowest BCUT2D eigenvalue weighted by Gasteiger charge is -2.13. The van der Waals surface area contributed by atoms with Crippen molar-refractivity contribution < 1.29 is 14.3 Å². The Morgan fingerprint density at radius 2 is 1.89 bits per heavy atom. The maximum atomic E-state index is 12.2. The Labute approximate surface area is 174 Å². The van der Waals surface area contributed by atoms with E-state index in [1.165, 1.54) is 4.90 Å². The number of halogens is 1. The quantitative estimate of drug-likeness (QED) is 0.583. The number of benzene rings is 2. The zero-order valence-electron chi connectivity index (χ0n) is 16.1. The van der Waals surface area contributed by atoms with E-state index in [0.717, 1.165) is 33.0 Å². The Kier molecular flexibility index (Phi) is 5.91. The van der Waals surface area contributed by atoms with Crippen LogP contribution < -0.4 is 14.8 Å². The van der Waals surface area contributed by atoms with Crippen molar-refractivity contribution in [3.8, 4) is 11.5 Å². The van der Waals surface area contributed by atoms with Crippen LogP contribution in [-0.4, -0.2) is 30.1 Å². The highest BCUT2D eigenvalue weighted by Crippen LogP contribution is 2.28. The number of hydrogen-bond acceptors (Lipinski definition) is 4. The van der Waals surface area contributed by atoms with E-state index >= 15 is 0 Å². The molecule has 1 aliphatic rings. The van der Waals surface area contributed by atoms with Gasteiger partial charge >= 0.3 is 0 Å². The summed E-state index contributed by atoms with van der Waals surface area (Å²) in [6.45, 7) is 4.21. The molecule has 0 bridgehead atoms. The van der Waals surface area contributed by atoms with Crippen molar-refractivity contribution in [2.75, 3.05) is 14.2 Å². The van der Waals surface area contributed by atoms with Gasteiger partial charge in [-0.05, 0) is 73.1 Å². The Bertz CT molecular complexity index is 965. The minimum Gasteiger partial charge on any atom is -0.496 e. The van der Waals surface area contributed by atoms with Crippen molar-refractivity contribution in [1.82, 2.24) is 10.2 Å². The van der Waals surface area contributed by atoms with E-state index in [0.29, 0.717) is 23.2 Å². The summed E-state index contributed by atoms with van der Waals surface area (Å²) in [6, 6.07) is 9.47. The Balaban J connectivity index is 1.84. The van der Waals surface area contributed by atoms with Gasteiger partial charge in [-0.2, -0.15) is 0 Å². The summed E-state index contributed by atoms with van der Waals surface area (Å²) in [5.74, 6) is 1.29. The van der Waals surface area contributed by atoms with E-state index in [4.69, 9.17) is 33.3 Å². The van der Waals surface area contributed by atoms with Crippen LogP contribution in [0.3, 0.4) is 0 Å². The third kappa shape index (κ3) is 4.13. The molecule has 0 spiro atoms. The summed E-state index contributed by atoms with van der Waals surface area (Å²) in [5, 5.41) is 4.06. The van der Waals surface area contributed by atoms with Crippen LogP contribution in [-0.2, 0) is 11.4 Å². The second-order valence-electron chi connectivity index (χ2n) is 6.58. The molecule has 0 unspecified atom stereocenters. The smallest absolute Gasteiger partial charge is 0.276 e. The van der Waals surface area contributed by atoms with Crippen LogP contribution in [0.1, 0.15) is 22.3 Å². The third-order valence-corrected chi connectivity index (χ3v) is 5.47. The molecule has 0 atom stereocenters. The van der Waals surface area contributed by atoms with Crippen LogP contribution in [0.5, 0.6) is 11.5 Å². The van der Waals surface area contributed by atoms with Crippen molar-refractivity contribution in [3.05, 3.63) is 63.3 Å². The molecule has 1 amide bonds. The van der Waals surface area contributed by atoms with Gasteiger partial charge in [0.1, 0.15) is 23.8 Å². The molecule has 0 saturated carbocycles. The molecule has 1 saturated heterocycles. The molecular formula is C21H21ClN2O3S. The number of nitrogens with one attached hydrogen (secondary N) is 1. The molecule has 7 heteroatoms. The molecule has 0 aliphatic carbocycles. The van der Waals surface area contributed by atoms with Gasteiger partial charge in [-0.3, -0.25) is 9.69 Å². The highest BCUT2D eigenvalue weighted by Gasteiger charge is 2.26. The number of ether oxygens (including phenoxy) is 2. The summed E-state index contributed by atoms with van der Waals surface area (Å²) in [5.41, 5.74) is 4.08. The Morgan fingerprint density at radius 1 is 1.21 bits per heavy atom. The molecule has 1 aliphatic heterocycles. The maximum absolute atomic E-state index is 12.2. The van der Waals surface area contributed by atoms with Crippen LogP contribution in [0, 0.1) is 13.8 Å². The van der Waals surface area contributed by atoms with Crippen molar-refractivity contribution in [3.63, 3.8) is 0 Å². The van der Waals surface area contributed by atoms with Gasteiger partial charge in [0.05, 0.1) is 7.11 Å². The van der Waals surface area contributed by atoms with Crippen LogP contribution in [0.2, 0.25) is 5.02 Å². The number of likely N-dealkylation sites (N-methyl/N-ethyl adjacent to an activating group) is 1. The van der Waals surface area contributed by atoms with Gasteiger partial charge in [0, 0.05) is 17.6 Å². The van der Waals surface area contributed by atoms with E-state index in [1.807, 2.05) is 44.2 Å². The van der Waals surface area contributed by atoms with Crippen molar-refractivity contribution >= 4 is 40.9 Å². The summed E-state index contributed by atoms with van der Waals surface area (Å²) < 4.78 is 11.4. The average molecular weight is 417 g/mol. The summed E-state index contributed by atoms with van der Waals surface area (Å²) in [6.07, 6.45) is 1.76. The van der Waals surface area contributed by atoms with Gasteiger partial charge in [-0.15, -0.1) is 0 Å². The number of rotatable bonds is 5. The number of amides is 1. The molecule has 1 fully saturated rings. The number of aryl methyl sites for hydroxylation is 2. The van der Waals surface area contributed by atoms with E-state index in [1.54, 1.807) is 20.2 Å². The number of carbonyl (C=O) groups is 1. The lowest BCUT2D eigenvalue weighted by molar-refractivity contribution is -0.121. The number of methoxy groups -OCH3 is 1. The fourth-order valence-electron chi connectivity index (χ4n) is 2.94. The van der Waals surface area contributed by atoms with Crippen molar-refractivity contribution in [2.24, 2.45) is 0 Å². The lowest BCUT2D eigenvalue weighted by atomic mass is 10.1. The molecule has 0 aromatic heterocycles. The third-order valence-electron chi connectivity index (χ3n) is 4.50. The highest BCUT2D eigenvalue weighted by atomic mass is 35.5. The highest BCUT2D eigenvalue weighted by molar-refractivity contribution is 7.80. The molecule has 146 valence electrons. The van der Waals surface area contributed by atoms with E-state index in [2.05, 4.69) is 5.32 Å². The molecule has 1 heterocycles. The molecule has 2 aromatic rings. The fourth-order valence-corrected chi connectivity index (χ4v) is 3.24. The molecule has 5 nitrogen and oxygen atoms in total. The number of nitrogens with zero attached hydrogens (tertiary/aromatic N) is 1. The predicted molar refractivity (Wildman–Crippen MR) is 115 cm³/mol. The van der Waals surface area contributed by atoms with Gasteiger partial charge < -0.3 is 14.8 Å². The first-order valence-electron chi connectivity index (χ1n) is 8.67. The predicted octanol–water partition coefficient (Wildman–Crippen LogP) is 4.23. The number of hydrogen-bond donors (Lipinski definition) is 1. The van der Waals surface area contributed by atoms with Gasteiger partial charge in [0.15, 0.2) is 5.11 Å². The van der Waals surface area contributed by atoms with Gasteiger partial charge in [0.25, 0.3) is 5.91 Å². The molecule has 0 radical (unpaired) electrons. The van der Waals surface area contributed by atoms with Crippen molar-refractivity contribution in [2.45, 2.75) is 20.5 Å². The van der Waals surface area contributed by atoms with Gasteiger partial charge in [-0.1, -0.05) is 17.7 Å². The Hall–Kier alpha value is -2.57. The summed E-state index contributed by atoms with van der Waals surface area (Å²) >= 11 is 11.3. The monoisotopic (exact) mass is 416 g/mol. The van der Waals surface area contributed by atoms with Crippen molar-refractivity contribution in [1.29, 1.82) is 0 Å². The van der Waals surface area contributed by atoms with Crippen LogP contribution in [0.4, 0.5) is 0 Å². The van der Waals surface area contributed by atoms with Crippen LogP contribution >= 0.6 is 23.8 Å². The van der Waals surface area contributed by atoms with Crippen LogP contribution in [0.15, 0.2) is 36.0 Å². The standard InChI is InChI=1S/C21H21ClN2O3S/c1-12-7-16(8-13(2)19(12)22)27-11-15-9-14(5-6-18(15)26-4)10-17-20(25)24(3)21(28)23-17/h5-10H,11H2,1-4H3,(H,23,28)/b17-10+. The average Bonchev–Trinajstić information content (AvgIpc) is 2.91. The molecule has 3 rings (SSSR count). The molecular weight excluding hydrogens is 396 g/mol. The largest absolute Gasteiger partial charge is 0.496 e. The second kappa shape index (κ2) is 8.20. The van der Waals surface area contributed by atoms with Gasteiger partial charge in [-0.25, -0.2) is 0 Å². The fraction of sp³-hybridized carbons (Fsp3) is 0.238. The first-order valence-corrected chi connectivity index (χ1v) is 9.46. The van der Waals surface area contributed by atoms with E-state index < -0.39 is 0 Å². The first kappa shape index (κ1) is 20.2. The normalized spacial score (nSPS) is 15.2. The zero-order chi connectivity index (χ0) is 20.4. The minimum absolute atomic E-state index is 0.161. The molecule has 28 heavy (non-hydrogen) atoms.